The van der Waals surface area contributed by atoms with Crippen LogP contribution in [0.5, 0.6) is 0 Å². The van der Waals surface area contributed by atoms with Crippen molar-refractivity contribution in [2.24, 2.45) is 0 Å². The molecule has 42 heavy (non-hydrogen) atoms. The van der Waals surface area contributed by atoms with E-state index < -0.39 is 20.5 Å². The second kappa shape index (κ2) is 16.7. The van der Waals surface area contributed by atoms with Crippen LogP contribution in [0.3, 0.4) is 0 Å². The number of ether oxygens (including phenoxy) is 4. The van der Waals surface area contributed by atoms with Crippen LogP contribution >= 0.6 is 0 Å². The number of rotatable bonds is 15. The molecule has 1 aliphatic rings. The summed E-state index contributed by atoms with van der Waals surface area (Å²) < 4.78 is 32.3. The van der Waals surface area contributed by atoms with Gasteiger partial charge in [-0.3, -0.25) is 0 Å². The number of allylic oxidation sites excluding steroid dienone is 1. The molecule has 0 aromatic heterocycles. The lowest BCUT2D eigenvalue weighted by atomic mass is 10.1. The Morgan fingerprint density at radius 2 is 1.57 bits per heavy atom. The van der Waals surface area contributed by atoms with E-state index in [0.29, 0.717) is 32.8 Å². The Kier molecular flexibility index (Phi) is 13.4. The van der Waals surface area contributed by atoms with Gasteiger partial charge < -0.3 is 23.4 Å². The lowest BCUT2D eigenvalue weighted by Crippen LogP contribution is -2.44. The molecule has 2 aromatic rings. The van der Waals surface area contributed by atoms with E-state index in [9.17, 15) is 5.26 Å². The second-order valence-electron chi connectivity index (χ2n) is 12.1. The van der Waals surface area contributed by atoms with Crippen molar-refractivity contribution in [1.82, 2.24) is 0 Å². The summed E-state index contributed by atoms with van der Waals surface area (Å²) in [5.74, 6) is 0. The van der Waals surface area contributed by atoms with E-state index in [0.717, 1.165) is 11.1 Å². The fraction of sp³-hybridized carbons (Fsp3) is 0.457. The minimum absolute atomic E-state index is 0.0590. The zero-order valence-electron chi connectivity index (χ0n) is 25.8. The molecule has 0 aliphatic carbocycles. The fourth-order valence-corrected chi connectivity index (χ4v) is 5.28. The van der Waals surface area contributed by atoms with Crippen LogP contribution in [0.2, 0.25) is 18.1 Å². The van der Waals surface area contributed by atoms with E-state index >= 15 is 0 Å². The molecule has 6 nitrogen and oxygen atoms in total. The third-order valence-electron chi connectivity index (χ3n) is 7.78. The van der Waals surface area contributed by atoms with E-state index in [2.05, 4.69) is 46.5 Å². The molecule has 0 amide bonds. The molecule has 226 valence electrons. The molecule has 1 unspecified atom stereocenters. The van der Waals surface area contributed by atoms with Gasteiger partial charge in [0.05, 0.1) is 44.7 Å². The molecule has 1 aliphatic heterocycles. The summed E-state index contributed by atoms with van der Waals surface area (Å²) in [6, 6.07) is 22.3. The van der Waals surface area contributed by atoms with Crippen LogP contribution in [0.15, 0.2) is 97.6 Å². The highest BCUT2D eigenvalue weighted by Gasteiger charge is 2.38. The van der Waals surface area contributed by atoms with Crippen molar-refractivity contribution in [3.63, 3.8) is 0 Å². The van der Waals surface area contributed by atoms with Gasteiger partial charge in [0, 0.05) is 6.08 Å². The van der Waals surface area contributed by atoms with Gasteiger partial charge in [-0.25, -0.2) is 0 Å². The Hall–Kier alpha value is -2.83. The van der Waals surface area contributed by atoms with Crippen LogP contribution in [0.25, 0.3) is 0 Å². The van der Waals surface area contributed by atoms with Gasteiger partial charge in [-0.05, 0) is 41.8 Å². The highest BCUT2D eigenvalue weighted by Crippen LogP contribution is 2.36. The van der Waals surface area contributed by atoms with E-state index in [1.165, 1.54) is 6.08 Å². The van der Waals surface area contributed by atoms with Crippen molar-refractivity contribution in [2.45, 2.75) is 89.1 Å². The van der Waals surface area contributed by atoms with Gasteiger partial charge in [0.15, 0.2) is 8.32 Å². The predicted molar refractivity (Wildman–Crippen MR) is 170 cm³/mol. The van der Waals surface area contributed by atoms with Crippen molar-refractivity contribution < 1.29 is 23.4 Å². The molecule has 7 heteroatoms. The zero-order valence-corrected chi connectivity index (χ0v) is 26.8. The summed E-state index contributed by atoms with van der Waals surface area (Å²) in [5.41, 5.74) is 2.18. The summed E-state index contributed by atoms with van der Waals surface area (Å²) in [6.45, 7) is 16.6. The number of hydrogen-bond donors (Lipinski definition) is 0. The normalized spacial score (nSPS) is 22.0. The van der Waals surface area contributed by atoms with Gasteiger partial charge in [-0.15, -0.1) is 6.58 Å². The van der Waals surface area contributed by atoms with Crippen LogP contribution < -0.4 is 0 Å². The maximum absolute atomic E-state index is 9.24. The first-order chi connectivity index (χ1) is 20.1. The van der Waals surface area contributed by atoms with Crippen molar-refractivity contribution in [1.29, 1.82) is 5.26 Å². The first-order valence-electron chi connectivity index (χ1n) is 14.7. The number of nitriles is 1. The molecule has 0 fully saturated rings. The van der Waals surface area contributed by atoms with E-state index in [-0.39, 0.29) is 23.4 Å². The minimum atomic E-state index is -2.02. The van der Waals surface area contributed by atoms with Crippen LogP contribution in [0, 0.1) is 11.3 Å². The van der Waals surface area contributed by atoms with Crippen LogP contribution in [0.1, 0.15) is 38.3 Å². The molecular weight excluding hydrogens is 542 g/mol. The monoisotopic (exact) mass is 589 g/mol. The molecule has 0 N–H and O–H groups in total. The Bertz CT molecular complexity index is 1170. The maximum atomic E-state index is 9.24. The number of nitrogens with zero attached hydrogens (tertiary/aromatic N) is 1. The molecule has 0 radical (unpaired) electrons. The third kappa shape index (κ3) is 10.8. The van der Waals surface area contributed by atoms with Crippen LogP contribution in [-0.2, 0) is 36.6 Å². The Morgan fingerprint density at radius 3 is 2.17 bits per heavy atom. The summed E-state index contributed by atoms with van der Waals surface area (Å²) in [4.78, 5) is 0. The van der Waals surface area contributed by atoms with Crippen molar-refractivity contribution in [3.8, 4) is 6.07 Å². The Labute approximate surface area is 253 Å². The van der Waals surface area contributed by atoms with E-state index in [4.69, 9.17) is 23.4 Å². The molecular formula is C35H47NO5Si. The molecule has 1 heterocycles. The van der Waals surface area contributed by atoms with Gasteiger partial charge in [-0.2, -0.15) is 5.26 Å². The maximum Gasteiger partial charge on any atom is 0.192 e. The fourth-order valence-electron chi connectivity index (χ4n) is 4.26. The molecule has 3 rings (SSSR count). The predicted octanol–water partition coefficient (Wildman–Crippen LogP) is 7.54. The summed E-state index contributed by atoms with van der Waals surface area (Å²) in [7, 11) is -2.02. The molecule has 0 saturated heterocycles. The highest BCUT2D eigenvalue weighted by atomic mass is 28.4. The van der Waals surface area contributed by atoms with Gasteiger partial charge >= 0.3 is 0 Å². The second-order valence-corrected chi connectivity index (χ2v) is 16.9. The average Bonchev–Trinajstić information content (AvgIpc) is 3.12. The van der Waals surface area contributed by atoms with Gasteiger partial charge in [-0.1, -0.05) is 99.7 Å². The average molecular weight is 590 g/mol. The molecule has 5 atom stereocenters. The van der Waals surface area contributed by atoms with Gasteiger partial charge in [0.2, 0.25) is 0 Å². The Balaban J connectivity index is 1.79. The van der Waals surface area contributed by atoms with E-state index in [1.807, 2.05) is 78.9 Å². The van der Waals surface area contributed by atoms with Crippen LogP contribution in [0.4, 0.5) is 0 Å². The smallest absolute Gasteiger partial charge is 0.192 e. The largest absolute Gasteiger partial charge is 0.414 e. The summed E-state index contributed by atoms with van der Waals surface area (Å²) >= 11 is 0. The topological polar surface area (TPSA) is 69.9 Å². The Morgan fingerprint density at radius 1 is 0.952 bits per heavy atom. The quantitative estimate of drug-likeness (QED) is 0.121. The first-order valence-corrected chi connectivity index (χ1v) is 17.6. The highest BCUT2D eigenvalue weighted by molar-refractivity contribution is 6.74. The van der Waals surface area contributed by atoms with Gasteiger partial charge in [0.1, 0.15) is 18.3 Å². The van der Waals surface area contributed by atoms with E-state index in [1.54, 1.807) is 6.08 Å². The summed E-state index contributed by atoms with van der Waals surface area (Å²) in [6.07, 6.45) is 7.83. The first kappa shape index (κ1) is 33.7. The minimum Gasteiger partial charge on any atom is -0.414 e. The molecule has 2 aromatic carbocycles. The van der Waals surface area contributed by atoms with Crippen LogP contribution in [-0.4, -0.2) is 52.1 Å². The van der Waals surface area contributed by atoms with Crippen molar-refractivity contribution in [3.05, 3.63) is 109 Å². The lowest BCUT2D eigenvalue weighted by molar-refractivity contribution is -0.146. The summed E-state index contributed by atoms with van der Waals surface area (Å²) in [5, 5.41) is 9.30. The zero-order chi connectivity index (χ0) is 30.4. The van der Waals surface area contributed by atoms with Gasteiger partial charge in [0.25, 0.3) is 0 Å². The molecule has 0 bridgehead atoms. The number of benzene rings is 2. The lowest BCUT2D eigenvalue weighted by Gasteiger charge is -2.37. The molecule has 0 spiro atoms. The van der Waals surface area contributed by atoms with Crippen molar-refractivity contribution >= 4 is 8.32 Å². The third-order valence-corrected chi connectivity index (χ3v) is 12.3. The SMILES string of the molecule is C=CC[C@H]1O[C@@H](COCc2ccccc2)[C@H](OCc2ccccc2)C=C[C@@H]1OC(/C=C/C#N)CO[Si](C)(C)C(C)(C)C. The standard InChI is InChI=1S/C35H47NO5Si/c1-7-15-32-33(40-30(20-14-23-36)26-39-42(5,6)35(2,3)4)22-21-31(38-25-29-18-12-9-13-19-29)34(41-32)27-37-24-28-16-10-8-11-17-28/h7-14,16-22,30-34H,1,15,24-27H2,2-6H3/b20-14+/t30?,31-,32-,33+,34+/m1/s1. The number of hydrogen-bond acceptors (Lipinski definition) is 6. The van der Waals surface area contributed by atoms with Crippen molar-refractivity contribution in [2.75, 3.05) is 13.2 Å². The molecule has 0 saturated carbocycles.